The minimum Gasteiger partial charge on any atom is -0.370 e. The van der Waals surface area contributed by atoms with Gasteiger partial charge in [-0.05, 0) is 60.8 Å². The van der Waals surface area contributed by atoms with Crippen molar-refractivity contribution in [3.8, 4) is 0 Å². The van der Waals surface area contributed by atoms with Gasteiger partial charge in [-0.25, -0.2) is 0 Å². The number of benzene rings is 3. The zero-order valence-electron chi connectivity index (χ0n) is 40.2. The van der Waals surface area contributed by atoms with Crippen LogP contribution in [0.2, 0.25) is 0 Å². The monoisotopic (exact) mass is 960 g/mol. The highest BCUT2D eigenvalue weighted by Gasteiger charge is 2.36. The molecule has 70 heavy (non-hydrogen) atoms. The van der Waals surface area contributed by atoms with E-state index in [-0.39, 0.29) is 69.9 Å². The fourth-order valence-electron chi connectivity index (χ4n) is 9.38. The van der Waals surface area contributed by atoms with E-state index in [9.17, 15) is 33.6 Å². The molecule has 0 bridgehead atoms. The van der Waals surface area contributed by atoms with Crippen molar-refractivity contribution >= 4 is 58.2 Å². The molecule has 374 valence electrons. The van der Waals surface area contributed by atoms with Crippen LogP contribution in [0.3, 0.4) is 0 Å². The second-order valence-corrected chi connectivity index (χ2v) is 18.6. The molecule has 0 unspecified atom stereocenters. The summed E-state index contributed by atoms with van der Waals surface area (Å²) in [6, 6.07) is 19.0. The molecule has 18 nitrogen and oxygen atoms in total. The minimum atomic E-state index is -1.23. The summed E-state index contributed by atoms with van der Waals surface area (Å²) in [5.41, 5.74) is 14.3. The maximum atomic E-state index is 14.8. The Bertz CT molecular complexity index is 2440. The number of aliphatic imine (C=N–C) groups is 1. The van der Waals surface area contributed by atoms with E-state index in [4.69, 9.17) is 11.5 Å². The summed E-state index contributed by atoms with van der Waals surface area (Å²) in [6.07, 6.45) is 7.74. The highest BCUT2D eigenvalue weighted by Crippen LogP contribution is 2.28. The van der Waals surface area contributed by atoms with Crippen molar-refractivity contribution in [1.29, 1.82) is 0 Å². The molecule has 2 fully saturated rings. The number of hydrogen-bond acceptors (Lipinski definition) is 8. The molecule has 2 aliphatic rings. The average molecular weight is 960 g/mol. The first-order chi connectivity index (χ1) is 33.7. The van der Waals surface area contributed by atoms with Gasteiger partial charge in [0.15, 0.2) is 5.96 Å². The topological polar surface area (TPSA) is 275 Å². The van der Waals surface area contributed by atoms with Gasteiger partial charge in [0.2, 0.25) is 41.4 Å². The lowest BCUT2D eigenvalue weighted by Gasteiger charge is -2.31. The van der Waals surface area contributed by atoms with Crippen molar-refractivity contribution < 1.29 is 33.6 Å². The number of para-hydroxylation sites is 1. The van der Waals surface area contributed by atoms with Gasteiger partial charge in [-0.15, -0.1) is 0 Å². The molecule has 6 atom stereocenters. The van der Waals surface area contributed by atoms with Crippen LogP contribution in [-0.2, 0) is 52.8 Å². The van der Waals surface area contributed by atoms with Gasteiger partial charge >= 0.3 is 0 Å². The first-order valence-corrected chi connectivity index (χ1v) is 24.5. The molecule has 4 aromatic rings. The van der Waals surface area contributed by atoms with Gasteiger partial charge in [-0.3, -0.25) is 38.6 Å². The fourth-order valence-corrected chi connectivity index (χ4v) is 9.38. The first-order valence-electron chi connectivity index (χ1n) is 24.5. The van der Waals surface area contributed by atoms with Crippen LogP contribution < -0.4 is 43.4 Å². The highest BCUT2D eigenvalue weighted by atomic mass is 16.2. The normalized spacial score (nSPS) is 21.8. The Labute approximate surface area is 409 Å². The largest absolute Gasteiger partial charge is 0.370 e. The fraction of sp³-hybridized carbons (Fsp3) is 0.462. The lowest BCUT2D eigenvalue weighted by molar-refractivity contribution is -0.137. The van der Waals surface area contributed by atoms with Crippen LogP contribution in [0.4, 0.5) is 0 Å². The summed E-state index contributed by atoms with van der Waals surface area (Å²) < 4.78 is 0. The van der Waals surface area contributed by atoms with Gasteiger partial charge in [0, 0.05) is 63.4 Å². The molecule has 1 aliphatic carbocycles. The molecule has 0 spiro atoms. The summed E-state index contributed by atoms with van der Waals surface area (Å²) in [6.45, 7) is 1.59. The molecule has 1 aliphatic heterocycles. The molecule has 1 aromatic heterocycles. The minimum absolute atomic E-state index is 0.0217. The number of amides is 7. The lowest BCUT2D eigenvalue weighted by atomic mass is 9.84. The summed E-state index contributed by atoms with van der Waals surface area (Å²) >= 11 is 0. The molecule has 6 rings (SSSR count). The third-order valence-corrected chi connectivity index (χ3v) is 13.1. The number of hydrogen-bond donors (Lipinski definition) is 9. The third-order valence-electron chi connectivity index (χ3n) is 13.1. The number of carbonyl (C=O) groups excluding carboxylic acids is 7. The molecule has 0 radical (unpaired) electrons. The van der Waals surface area contributed by atoms with Gasteiger partial charge < -0.3 is 53.3 Å². The van der Waals surface area contributed by atoms with Crippen LogP contribution in [0, 0.1) is 5.92 Å². The van der Waals surface area contributed by atoms with E-state index in [1.807, 2.05) is 84.9 Å². The number of rotatable bonds is 15. The first kappa shape index (κ1) is 52.1. The zero-order chi connectivity index (χ0) is 50.0. The Morgan fingerprint density at radius 1 is 0.714 bits per heavy atom. The summed E-state index contributed by atoms with van der Waals surface area (Å²) in [7, 11) is 1.58. The number of guanidine groups is 1. The van der Waals surface area contributed by atoms with Crippen LogP contribution in [-0.4, -0.2) is 114 Å². The smallest absolute Gasteiger partial charge is 0.244 e. The average Bonchev–Trinajstić information content (AvgIpc) is 3.76. The number of H-pyrrole nitrogens is 1. The Kier molecular flexibility index (Phi) is 19.3. The summed E-state index contributed by atoms with van der Waals surface area (Å²) in [5.74, 6) is -4.00. The molecule has 1 saturated carbocycles. The van der Waals surface area contributed by atoms with Gasteiger partial charge in [-0.2, -0.15) is 0 Å². The maximum absolute atomic E-state index is 14.8. The SMILES string of the molecule is CC(=O)N[C@@H](Cc1ccccc1)C(=O)N[C@H]1CCCN(C)C(=O)[C@H](CCCN=C(N)N)NC(=O)[C@H](Cc2c[nH]c3ccccc23)NC(=O)[C@@H](CC2CCCCC2)NC(=O)[C@H](Cc2ccccc2)NC1=O. The molecule has 2 heterocycles. The highest BCUT2D eigenvalue weighted by molar-refractivity contribution is 5.97. The van der Waals surface area contributed by atoms with E-state index in [1.165, 1.54) is 11.8 Å². The van der Waals surface area contributed by atoms with Crippen molar-refractivity contribution in [2.24, 2.45) is 22.4 Å². The Morgan fingerprint density at radius 3 is 2.00 bits per heavy atom. The molecular formula is C52H69N11O7. The van der Waals surface area contributed by atoms with E-state index >= 15 is 0 Å². The number of aromatic amines is 1. The zero-order valence-corrected chi connectivity index (χ0v) is 40.2. The van der Waals surface area contributed by atoms with Crippen molar-refractivity contribution in [3.05, 3.63) is 108 Å². The summed E-state index contributed by atoms with van der Waals surface area (Å²) in [4.78, 5) is 109. The van der Waals surface area contributed by atoms with E-state index in [0.29, 0.717) is 6.42 Å². The van der Waals surface area contributed by atoms with Crippen molar-refractivity contribution in [3.63, 3.8) is 0 Å². The molecule has 11 N–H and O–H groups in total. The van der Waals surface area contributed by atoms with E-state index in [2.05, 4.69) is 41.9 Å². The van der Waals surface area contributed by atoms with Crippen LogP contribution in [0.25, 0.3) is 10.9 Å². The molecule has 3 aromatic carbocycles. The standard InChI is InChI=1S/C52H69N11O7/c1-33(64)57-42(28-34-16-6-3-7-17-34)47(66)58-40-25-15-27-63(2)51(70)41(24-14-26-55-52(53)54)59-50(69)45(31-37-32-56-39-23-13-12-22-38(37)39)62-49(68)44(30-36-20-10-5-11-21-36)61-48(67)43(60-46(40)65)29-35-18-8-4-9-19-35/h3-4,6-9,12-13,16-19,22-23,32,36,40-45,56H,5,10-11,14-15,20-21,24-31H2,1-2H3,(H,57,64)(H,58,66)(H,59,69)(H,60,65)(H,61,67)(H,62,68)(H4,53,54,55)/t40-,41-,42-,43-,44+,45-/m0/s1. The van der Waals surface area contributed by atoms with Gasteiger partial charge in [0.1, 0.15) is 36.3 Å². The summed E-state index contributed by atoms with van der Waals surface area (Å²) in [5, 5.41) is 18.2. The van der Waals surface area contributed by atoms with Gasteiger partial charge in [0.25, 0.3) is 0 Å². The van der Waals surface area contributed by atoms with Crippen molar-refractivity contribution in [2.45, 2.75) is 127 Å². The van der Waals surface area contributed by atoms with E-state index in [1.54, 1.807) is 13.2 Å². The molecule has 18 heteroatoms. The number of aromatic nitrogens is 1. The number of nitrogens with one attached hydrogen (secondary N) is 7. The molecule has 7 amide bonds. The maximum Gasteiger partial charge on any atom is 0.244 e. The number of likely N-dealkylation sites (N-methyl/N-ethyl adjacent to an activating group) is 1. The quantitative estimate of drug-likeness (QED) is 0.0480. The second-order valence-electron chi connectivity index (χ2n) is 18.6. The lowest BCUT2D eigenvalue weighted by Crippen LogP contribution is -2.61. The Balaban J connectivity index is 1.37. The van der Waals surface area contributed by atoms with Gasteiger partial charge in [0.05, 0.1) is 0 Å². The van der Waals surface area contributed by atoms with Crippen molar-refractivity contribution in [2.75, 3.05) is 20.1 Å². The Hall–Kier alpha value is -7.24. The Morgan fingerprint density at radius 2 is 1.31 bits per heavy atom. The number of nitrogens with two attached hydrogens (primary N) is 2. The van der Waals surface area contributed by atoms with E-state index < -0.39 is 77.6 Å². The van der Waals surface area contributed by atoms with Crippen LogP contribution in [0.15, 0.2) is 96.1 Å². The molecular weight excluding hydrogens is 891 g/mol. The second kappa shape index (κ2) is 25.9. The van der Waals surface area contributed by atoms with Gasteiger partial charge in [-0.1, -0.05) is 111 Å². The number of nitrogens with zero attached hydrogens (tertiary/aromatic N) is 2. The number of carbonyl (C=O) groups is 7. The number of fused-ring (bicyclic) bond motifs is 1. The predicted octanol–water partition coefficient (Wildman–Crippen LogP) is 2.40. The van der Waals surface area contributed by atoms with Crippen LogP contribution in [0.1, 0.15) is 87.8 Å². The predicted molar refractivity (Wildman–Crippen MR) is 268 cm³/mol. The third kappa shape index (κ3) is 15.6. The van der Waals surface area contributed by atoms with E-state index in [0.717, 1.165) is 59.7 Å². The van der Waals surface area contributed by atoms with Crippen molar-refractivity contribution in [1.82, 2.24) is 41.8 Å². The molecule has 1 saturated heterocycles. The van der Waals surface area contributed by atoms with Crippen LogP contribution in [0.5, 0.6) is 0 Å². The van der Waals surface area contributed by atoms with Crippen LogP contribution >= 0.6 is 0 Å².